The minimum absolute atomic E-state index is 0.00792. The van der Waals surface area contributed by atoms with Crippen molar-refractivity contribution < 1.29 is 14.4 Å². The molecule has 0 bridgehead atoms. The van der Waals surface area contributed by atoms with E-state index in [-0.39, 0.29) is 30.6 Å². The molecule has 8 nitrogen and oxygen atoms in total. The summed E-state index contributed by atoms with van der Waals surface area (Å²) < 4.78 is 0. The molecule has 3 amide bonds. The van der Waals surface area contributed by atoms with Gasteiger partial charge < -0.3 is 16.0 Å². The summed E-state index contributed by atoms with van der Waals surface area (Å²) in [5, 5.41) is 3.04. The van der Waals surface area contributed by atoms with Crippen molar-refractivity contribution in [1.82, 2.24) is 20.1 Å². The molecule has 2 aliphatic heterocycles. The highest BCUT2D eigenvalue weighted by Gasteiger charge is 2.32. The molecule has 0 aromatic carbocycles. The molecule has 8 heteroatoms. The predicted octanol–water partition coefficient (Wildman–Crippen LogP) is 0.666. The van der Waals surface area contributed by atoms with Crippen LogP contribution >= 0.6 is 0 Å². The molecule has 0 radical (unpaired) electrons. The summed E-state index contributed by atoms with van der Waals surface area (Å²) in [5.41, 5.74) is 6.13. The molecular formula is C21H31N5O3. The summed E-state index contributed by atoms with van der Waals surface area (Å²) in [6.07, 6.45) is 7.55. The number of nitrogens with one attached hydrogen (secondary N) is 1. The zero-order chi connectivity index (χ0) is 20.6. The molecule has 1 aromatic heterocycles. The molecule has 0 spiro atoms. The van der Waals surface area contributed by atoms with Crippen LogP contribution in [0.2, 0.25) is 0 Å². The summed E-state index contributed by atoms with van der Waals surface area (Å²) in [7, 11) is 0. The summed E-state index contributed by atoms with van der Waals surface area (Å²) in [6, 6.07) is 4.23. The Balaban J connectivity index is 1.43. The van der Waals surface area contributed by atoms with Gasteiger partial charge in [0.05, 0.1) is 5.92 Å². The highest BCUT2D eigenvalue weighted by Crippen LogP contribution is 2.24. The molecule has 1 atom stereocenters. The van der Waals surface area contributed by atoms with Gasteiger partial charge in [0.25, 0.3) is 0 Å². The van der Waals surface area contributed by atoms with Crippen LogP contribution in [0.5, 0.6) is 0 Å². The lowest BCUT2D eigenvalue weighted by atomic mass is 9.93. The maximum Gasteiger partial charge on any atom is 0.224 e. The number of pyridine rings is 1. The molecule has 2 saturated heterocycles. The van der Waals surface area contributed by atoms with Gasteiger partial charge in [0.2, 0.25) is 17.7 Å². The van der Waals surface area contributed by atoms with E-state index in [1.165, 1.54) is 0 Å². The average Bonchev–Trinajstić information content (AvgIpc) is 2.76. The van der Waals surface area contributed by atoms with Crippen molar-refractivity contribution in [1.29, 1.82) is 0 Å². The molecule has 2 aliphatic rings. The molecule has 0 unspecified atom stereocenters. The van der Waals surface area contributed by atoms with Gasteiger partial charge in [-0.05, 0) is 43.9 Å². The number of carbonyl (C=O) groups excluding carboxylic acids is 3. The summed E-state index contributed by atoms with van der Waals surface area (Å²) >= 11 is 0. The topological polar surface area (TPSA) is 109 Å². The first-order valence-electron chi connectivity index (χ1n) is 10.5. The van der Waals surface area contributed by atoms with E-state index in [9.17, 15) is 14.4 Å². The molecule has 0 aliphatic carbocycles. The van der Waals surface area contributed by atoms with Gasteiger partial charge in [0, 0.05) is 57.5 Å². The van der Waals surface area contributed by atoms with Crippen molar-refractivity contribution in [3.8, 4) is 0 Å². The first-order valence-corrected chi connectivity index (χ1v) is 10.5. The van der Waals surface area contributed by atoms with E-state index < -0.39 is 5.91 Å². The number of hydrogen-bond acceptors (Lipinski definition) is 5. The third-order valence-electron chi connectivity index (χ3n) is 5.93. The first-order chi connectivity index (χ1) is 14.0. The Morgan fingerprint density at radius 3 is 2.62 bits per heavy atom. The second kappa shape index (κ2) is 10.3. The lowest BCUT2D eigenvalue weighted by Crippen LogP contribution is -2.51. The Labute approximate surface area is 171 Å². The Morgan fingerprint density at radius 1 is 1.14 bits per heavy atom. The Hall–Kier alpha value is -2.48. The molecule has 3 N–H and O–H groups in total. The van der Waals surface area contributed by atoms with Crippen molar-refractivity contribution >= 4 is 17.7 Å². The van der Waals surface area contributed by atoms with Crippen LogP contribution in [0.25, 0.3) is 0 Å². The number of carbonyl (C=O) groups is 3. The molecule has 3 heterocycles. The molecule has 0 saturated carbocycles. The molecular weight excluding hydrogens is 370 g/mol. The van der Waals surface area contributed by atoms with Gasteiger partial charge >= 0.3 is 0 Å². The van der Waals surface area contributed by atoms with Crippen LogP contribution in [0, 0.1) is 5.92 Å². The van der Waals surface area contributed by atoms with Gasteiger partial charge in [-0.15, -0.1) is 0 Å². The second-order valence-electron chi connectivity index (χ2n) is 7.99. The Bertz CT molecular complexity index is 704. The first kappa shape index (κ1) is 21.2. The average molecular weight is 402 g/mol. The highest BCUT2D eigenvalue weighted by atomic mass is 16.2. The molecule has 1 aromatic rings. The van der Waals surface area contributed by atoms with Crippen molar-refractivity contribution in [2.75, 3.05) is 26.2 Å². The van der Waals surface area contributed by atoms with Gasteiger partial charge in [-0.25, -0.2) is 0 Å². The van der Waals surface area contributed by atoms with Crippen LogP contribution in [0.15, 0.2) is 24.5 Å². The van der Waals surface area contributed by atoms with Crippen LogP contribution in [-0.4, -0.2) is 64.7 Å². The van der Waals surface area contributed by atoms with Gasteiger partial charge in [-0.2, -0.15) is 0 Å². The largest absolute Gasteiger partial charge is 0.370 e. The van der Waals surface area contributed by atoms with E-state index in [4.69, 9.17) is 5.73 Å². The normalized spacial score (nSPS) is 21.0. The zero-order valence-electron chi connectivity index (χ0n) is 16.9. The van der Waals surface area contributed by atoms with Crippen LogP contribution < -0.4 is 11.1 Å². The van der Waals surface area contributed by atoms with Crippen molar-refractivity contribution in [2.45, 2.75) is 51.1 Å². The second-order valence-corrected chi connectivity index (χ2v) is 7.99. The summed E-state index contributed by atoms with van der Waals surface area (Å²) in [5.74, 6) is -0.309. The van der Waals surface area contributed by atoms with E-state index in [2.05, 4.69) is 15.2 Å². The monoisotopic (exact) mass is 401 g/mol. The number of likely N-dealkylation sites (tertiary alicyclic amines) is 2. The van der Waals surface area contributed by atoms with E-state index in [1.807, 2.05) is 17.0 Å². The number of hydrogen-bond donors (Lipinski definition) is 2. The quantitative estimate of drug-likeness (QED) is 0.698. The van der Waals surface area contributed by atoms with E-state index in [0.717, 1.165) is 44.3 Å². The number of aromatic nitrogens is 1. The molecule has 29 heavy (non-hydrogen) atoms. The van der Waals surface area contributed by atoms with Crippen LogP contribution in [0.1, 0.15) is 44.1 Å². The number of nitrogens with two attached hydrogens (primary N) is 1. The van der Waals surface area contributed by atoms with E-state index in [1.54, 1.807) is 12.4 Å². The van der Waals surface area contributed by atoms with Gasteiger partial charge in [0.15, 0.2) is 0 Å². The van der Waals surface area contributed by atoms with Crippen LogP contribution in [0.3, 0.4) is 0 Å². The number of piperidine rings is 2. The standard InChI is InChI=1S/C21H31N5O3/c22-19(27)5-6-20(28)25-11-7-18(8-12-25)26-10-2-4-17(15-26)21(29)24-14-16-3-1-9-23-13-16/h1,3,9,13,17-18H,2,4-8,10-12,14-15H2,(H2,22,27)(H,24,29)/t17-/m1/s1. The van der Waals surface area contributed by atoms with Crippen molar-refractivity contribution in [2.24, 2.45) is 11.7 Å². The van der Waals surface area contributed by atoms with Gasteiger partial charge in [-0.1, -0.05) is 6.07 Å². The summed E-state index contributed by atoms with van der Waals surface area (Å²) in [4.78, 5) is 44.0. The fraction of sp³-hybridized carbons (Fsp3) is 0.619. The van der Waals surface area contributed by atoms with Crippen LogP contribution in [0.4, 0.5) is 0 Å². The number of amides is 3. The highest BCUT2D eigenvalue weighted by molar-refractivity contribution is 5.83. The lowest BCUT2D eigenvalue weighted by molar-refractivity contribution is -0.134. The van der Waals surface area contributed by atoms with E-state index in [0.29, 0.717) is 25.7 Å². The molecule has 2 fully saturated rings. The fourth-order valence-electron chi connectivity index (χ4n) is 4.26. The minimum atomic E-state index is -0.436. The smallest absolute Gasteiger partial charge is 0.224 e. The maximum atomic E-state index is 12.6. The predicted molar refractivity (Wildman–Crippen MR) is 108 cm³/mol. The number of primary amides is 1. The van der Waals surface area contributed by atoms with Gasteiger partial charge in [0.1, 0.15) is 0 Å². The number of nitrogens with zero attached hydrogens (tertiary/aromatic N) is 3. The Morgan fingerprint density at radius 2 is 1.93 bits per heavy atom. The zero-order valence-corrected chi connectivity index (χ0v) is 16.9. The van der Waals surface area contributed by atoms with Crippen LogP contribution in [-0.2, 0) is 20.9 Å². The van der Waals surface area contributed by atoms with Gasteiger partial charge in [-0.3, -0.25) is 24.3 Å². The van der Waals surface area contributed by atoms with E-state index >= 15 is 0 Å². The molecule has 158 valence electrons. The summed E-state index contributed by atoms with van der Waals surface area (Å²) in [6.45, 7) is 3.70. The minimum Gasteiger partial charge on any atom is -0.370 e. The molecule has 3 rings (SSSR count). The maximum absolute atomic E-state index is 12.6. The lowest BCUT2D eigenvalue weighted by Gasteiger charge is -2.42. The van der Waals surface area contributed by atoms with Crippen molar-refractivity contribution in [3.63, 3.8) is 0 Å². The fourth-order valence-corrected chi connectivity index (χ4v) is 4.26. The third kappa shape index (κ3) is 6.25. The SMILES string of the molecule is NC(=O)CCC(=O)N1CCC(N2CCC[C@@H](C(=O)NCc3cccnc3)C2)CC1. The van der Waals surface area contributed by atoms with Crippen molar-refractivity contribution in [3.05, 3.63) is 30.1 Å². The Kier molecular flexibility index (Phi) is 7.57. The third-order valence-corrected chi connectivity index (χ3v) is 5.93. The number of rotatable bonds is 7.